The molecule has 1 saturated heterocycles. The van der Waals surface area contributed by atoms with Crippen LogP contribution in [0.25, 0.3) is 0 Å². The fourth-order valence-electron chi connectivity index (χ4n) is 3.04. The van der Waals surface area contributed by atoms with Crippen molar-refractivity contribution in [3.8, 4) is 0 Å². The van der Waals surface area contributed by atoms with E-state index in [1.165, 1.54) is 71.1 Å². The molecule has 1 N–H and O–H groups in total. The third-order valence-electron chi connectivity index (χ3n) is 4.67. The fraction of sp³-hybridized carbons (Fsp3) is 1.00. The van der Waals surface area contributed by atoms with Crippen molar-refractivity contribution in [2.24, 2.45) is 5.41 Å². The Morgan fingerprint density at radius 1 is 1.06 bits per heavy atom. The van der Waals surface area contributed by atoms with Crippen molar-refractivity contribution >= 4 is 0 Å². The first-order chi connectivity index (χ1) is 8.26. The monoisotopic (exact) mass is 240 g/mol. The standard InChI is InChI=1S/C15H32N2/c1-4-15(5-2)10-13-17(14-15)12-9-7-6-8-11-16-3/h16H,4-14H2,1-3H3. The Morgan fingerprint density at radius 3 is 2.35 bits per heavy atom. The van der Waals surface area contributed by atoms with Crippen LogP contribution in [0.2, 0.25) is 0 Å². The molecule has 0 radical (unpaired) electrons. The van der Waals surface area contributed by atoms with Gasteiger partial charge in [0.2, 0.25) is 0 Å². The zero-order valence-electron chi connectivity index (χ0n) is 12.2. The van der Waals surface area contributed by atoms with Crippen molar-refractivity contribution in [1.29, 1.82) is 0 Å². The summed E-state index contributed by atoms with van der Waals surface area (Å²) < 4.78 is 0. The first-order valence-electron chi connectivity index (χ1n) is 7.63. The Bertz CT molecular complexity index is 187. The van der Waals surface area contributed by atoms with E-state index >= 15 is 0 Å². The van der Waals surface area contributed by atoms with Crippen LogP contribution in [0.15, 0.2) is 0 Å². The van der Waals surface area contributed by atoms with E-state index in [-0.39, 0.29) is 0 Å². The number of nitrogens with zero attached hydrogens (tertiary/aromatic N) is 1. The highest BCUT2D eigenvalue weighted by Crippen LogP contribution is 2.36. The number of hydrogen-bond donors (Lipinski definition) is 1. The molecule has 0 amide bonds. The number of hydrogen-bond acceptors (Lipinski definition) is 2. The minimum Gasteiger partial charge on any atom is -0.320 e. The van der Waals surface area contributed by atoms with Gasteiger partial charge in [0.25, 0.3) is 0 Å². The smallest absolute Gasteiger partial charge is 0.00382 e. The van der Waals surface area contributed by atoms with Gasteiger partial charge >= 0.3 is 0 Å². The second kappa shape index (κ2) is 8.10. The van der Waals surface area contributed by atoms with Crippen molar-refractivity contribution in [3.05, 3.63) is 0 Å². The summed E-state index contributed by atoms with van der Waals surface area (Å²) in [6.07, 6.45) is 9.69. The normalized spacial score (nSPS) is 19.9. The highest BCUT2D eigenvalue weighted by molar-refractivity contribution is 4.87. The van der Waals surface area contributed by atoms with Gasteiger partial charge in [-0.05, 0) is 64.2 Å². The molecule has 0 spiro atoms. The first-order valence-corrected chi connectivity index (χ1v) is 7.63. The molecule has 0 atom stereocenters. The molecule has 2 nitrogen and oxygen atoms in total. The minimum atomic E-state index is 0.659. The van der Waals surface area contributed by atoms with Crippen LogP contribution in [0.3, 0.4) is 0 Å². The SMILES string of the molecule is CCC1(CC)CCN(CCCCCCNC)C1. The number of rotatable bonds is 9. The lowest BCUT2D eigenvalue weighted by atomic mass is 9.82. The molecule has 0 unspecified atom stereocenters. The molecular weight excluding hydrogens is 208 g/mol. The summed E-state index contributed by atoms with van der Waals surface area (Å²) in [6, 6.07) is 0. The Morgan fingerprint density at radius 2 is 1.76 bits per heavy atom. The van der Waals surface area contributed by atoms with E-state index in [1.807, 2.05) is 7.05 Å². The van der Waals surface area contributed by atoms with E-state index < -0.39 is 0 Å². The van der Waals surface area contributed by atoms with Gasteiger partial charge in [-0.15, -0.1) is 0 Å². The zero-order chi connectivity index (χ0) is 12.6. The van der Waals surface area contributed by atoms with Crippen LogP contribution in [0.1, 0.15) is 58.8 Å². The van der Waals surface area contributed by atoms with Crippen LogP contribution in [0.5, 0.6) is 0 Å². The maximum absolute atomic E-state index is 3.22. The molecule has 1 aliphatic heterocycles. The quantitative estimate of drug-likeness (QED) is 0.622. The van der Waals surface area contributed by atoms with Gasteiger partial charge in [-0.1, -0.05) is 26.7 Å². The summed E-state index contributed by atoms with van der Waals surface area (Å²) in [5, 5.41) is 3.22. The molecule has 1 aliphatic rings. The molecule has 0 aromatic carbocycles. The van der Waals surface area contributed by atoms with Crippen LogP contribution < -0.4 is 5.32 Å². The molecule has 0 bridgehead atoms. The third-order valence-corrected chi connectivity index (χ3v) is 4.67. The molecule has 1 heterocycles. The van der Waals surface area contributed by atoms with Gasteiger partial charge in [0, 0.05) is 6.54 Å². The molecule has 17 heavy (non-hydrogen) atoms. The lowest BCUT2D eigenvalue weighted by molar-refractivity contribution is 0.237. The van der Waals surface area contributed by atoms with E-state index in [4.69, 9.17) is 0 Å². The Labute approximate surface area is 108 Å². The molecule has 1 fully saturated rings. The molecule has 2 heteroatoms. The first kappa shape index (κ1) is 15.0. The molecular formula is C15H32N2. The second-order valence-electron chi connectivity index (χ2n) is 5.75. The molecule has 0 aliphatic carbocycles. The van der Waals surface area contributed by atoms with Gasteiger partial charge in [-0.25, -0.2) is 0 Å². The summed E-state index contributed by atoms with van der Waals surface area (Å²) in [7, 11) is 2.04. The molecule has 0 aromatic rings. The molecule has 102 valence electrons. The zero-order valence-corrected chi connectivity index (χ0v) is 12.2. The average molecular weight is 240 g/mol. The van der Waals surface area contributed by atoms with Crippen molar-refractivity contribution < 1.29 is 0 Å². The number of nitrogens with one attached hydrogen (secondary N) is 1. The Balaban J connectivity index is 2.06. The lowest BCUT2D eigenvalue weighted by Crippen LogP contribution is -2.27. The van der Waals surface area contributed by atoms with Crippen molar-refractivity contribution in [3.63, 3.8) is 0 Å². The molecule has 0 aromatic heterocycles. The summed E-state index contributed by atoms with van der Waals surface area (Å²) >= 11 is 0. The second-order valence-corrected chi connectivity index (χ2v) is 5.75. The van der Waals surface area contributed by atoms with Crippen LogP contribution in [-0.2, 0) is 0 Å². The van der Waals surface area contributed by atoms with Crippen LogP contribution in [-0.4, -0.2) is 38.1 Å². The maximum atomic E-state index is 3.22. The lowest BCUT2D eigenvalue weighted by Gasteiger charge is -2.26. The molecule has 0 saturated carbocycles. The van der Waals surface area contributed by atoms with Gasteiger partial charge in [0.15, 0.2) is 0 Å². The van der Waals surface area contributed by atoms with E-state index in [9.17, 15) is 0 Å². The van der Waals surface area contributed by atoms with Gasteiger partial charge in [0.1, 0.15) is 0 Å². The summed E-state index contributed by atoms with van der Waals surface area (Å²) in [5.74, 6) is 0. The van der Waals surface area contributed by atoms with Gasteiger partial charge in [-0.3, -0.25) is 0 Å². The largest absolute Gasteiger partial charge is 0.320 e. The van der Waals surface area contributed by atoms with Crippen molar-refractivity contribution in [2.45, 2.75) is 58.8 Å². The minimum absolute atomic E-state index is 0.659. The predicted octanol–water partition coefficient (Wildman–Crippen LogP) is 3.28. The van der Waals surface area contributed by atoms with Crippen LogP contribution in [0.4, 0.5) is 0 Å². The molecule has 1 rings (SSSR count). The van der Waals surface area contributed by atoms with Gasteiger partial charge in [0.05, 0.1) is 0 Å². The summed E-state index contributed by atoms with van der Waals surface area (Å²) in [4.78, 5) is 2.70. The van der Waals surface area contributed by atoms with Gasteiger partial charge in [-0.2, -0.15) is 0 Å². The highest BCUT2D eigenvalue weighted by atomic mass is 15.2. The Kier molecular flexibility index (Phi) is 7.14. The summed E-state index contributed by atoms with van der Waals surface area (Å²) in [6.45, 7) is 9.95. The van der Waals surface area contributed by atoms with E-state index in [0.29, 0.717) is 5.41 Å². The number of likely N-dealkylation sites (tertiary alicyclic amines) is 1. The summed E-state index contributed by atoms with van der Waals surface area (Å²) in [5.41, 5.74) is 0.659. The number of unbranched alkanes of at least 4 members (excludes halogenated alkanes) is 3. The average Bonchev–Trinajstić information content (AvgIpc) is 2.78. The van der Waals surface area contributed by atoms with E-state index in [1.54, 1.807) is 0 Å². The third kappa shape index (κ3) is 4.97. The predicted molar refractivity (Wildman–Crippen MR) is 76.5 cm³/mol. The van der Waals surface area contributed by atoms with Crippen molar-refractivity contribution in [1.82, 2.24) is 10.2 Å². The van der Waals surface area contributed by atoms with E-state index in [2.05, 4.69) is 24.1 Å². The van der Waals surface area contributed by atoms with Crippen LogP contribution in [0, 0.1) is 5.41 Å². The Hall–Kier alpha value is -0.0800. The maximum Gasteiger partial charge on any atom is 0.00382 e. The van der Waals surface area contributed by atoms with Crippen molar-refractivity contribution in [2.75, 3.05) is 33.2 Å². The van der Waals surface area contributed by atoms with Gasteiger partial charge < -0.3 is 10.2 Å². The fourth-order valence-corrected chi connectivity index (χ4v) is 3.04. The van der Waals surface area contributed by atoms with E-state index in [0.717, 1.165) is 0 Å². The van der Waals surface area contributed by atoms with Crippen LogP contribution >= 0.6 is 0 Å². The topological polar surface area (TPSA) is 15.3 Å². The highest BCUT2D eigenvalue weighted by Gasteiger charge is 2.34.